The second-order valence-electron chi connectivity index (χ2n) is 5.60. The van der Waals surface area contributed by atoms with Crippen LogP contribution >= 0.6 is 12.4 Å². The Morgan fingerprint density at radius 2 is 2.00 bits per heavy atom. The van der Waals surface area contributed by atoms with Gasteiger partial charge in [-0.3, -0.25) is 9.59 Å². The van der Waals surface area contributed by atoms with Crippen LogP contribution in [0.1, 0.15) is 24.2 Å². The number of benzene rings is 1. The number of carbonyl (C=O) groups is 3. The van der Waals surface area contributed by atoms with E-state index in [4.69, 9.17) is 9.47 Å². The molecule has 9 heteroatoms. The van der Waals surface area contributed by atoms with Crippen molar-refractivity contribution in [2.75, 3.05) is 31.7 Å². The van der Waals surface area contributed by atoms with Crippen molar-refractivity contribution in [2.24, 2.45) is 0 Å². The van der Waals surface area contributed by atoms with Gasteiger partial charge in [-0.05, 0) is 38.1 Å². The summed E-state index contributed by atoms with van der Waals surface area (Å²) in [6.07, 6.45) is 0. The fourth-order valence-corrected chi connectivity index (χ4v) is 2.27. The zero-order valence-electron chi connectivity index (χ0n) is 14.7. The van der Waals surface area contributed by atoms with Crippen LogP contribution in [0.5, 0.6) is 0 Å². The van der Waals surface area contributed by atoms with E-state index in [1.807, 2.05) is 0 Å². The van der Waals surface area contributed by atoms with Gasteiger partial charge in [0.05, 0.1) is 19.8 Å². The van der Waals surface area contributed by atoms with Crippen LogP contribution < -0.4 is 16.0 Å². The van der Waals surface area contributed by atoms with Gasteiger partial charge in [0.25, 0.3) is 5.91 Å². The first-order chi connectivity index (χ1) is 12.0. The van der Waals surface area contributed by atoms with Crippen LogP contribution in [-0.4, -0.2) is 56.2 Å². The molecule has 144 valence electrons. The van der Waals surface area contributed by atoms with Gasteiger partial charge < -0.3 is 25.4 Å². The summed E-state index contributed by atoms with van der Waals surface area (Å²) in [7, 11) is 0. The molecule has 1 heterocycles. The van der Waals surface area contributed by atoms with E-state index < -0.39 is 12.0 Å². The highest BCUT2D eigenvalue weighted by Gasteiger charge is 2.21. The third-order valence-corrected chi connectivity index (χ3v) is 3.64. The second-order valence-corrected chi connectivity index (χ2v) is 5.60. The number of hydrogen-bond donors (Lipinski definition) is 3. The van der Waals surface area contributed by atoms with Gasteiger partial charge in [0.2, 0.25) is 5.91 Å². The van der Waals surface area contributed by atoms with Crippen molar-refractivity contribution >= 4 is 35.9 Å². The lowest BCUT2D eigenvalue weighted by Crippen LogP contribution is -2.48. The standard InChI is InChI=1S/C17H23N3O5.ClH/c1-3-25-17(23)11(2)19-15(21)12-4-6-13(7-5-12)20-16(22)14-10-24-9-8-18-14;/h4-7,11,14,18H,3,8-10H2,1-2H3,(H,19,21)(H,20,22);1H. The summed E-state index contributed by atoms with van der Waals surface area (Å²) in [6.45, 7) is 5.08. The van der Waals surface area contributed by atoms with Crippen molar-refractivity contribution in [3.05, 3.63) is 29.8 Å². The number of morpholine rings is 1. The molecular formula is C17H24ClN3O5. The second kappa shape index (κ2) is 10.7. The van der Waals surface area contributed by atoms with Crippen LogP contribution in [0.2, 0.25) is 0 Å². The highest BCUT2D eigenvalue weighted by atomic mass is 35.5. The third-order valence-electron chi connectivity index (χ3n) is 3.64. The van der Waals surface area contributed by atoms with Crippen LogP contribution in [0.25, 0.3) is 0 Å². The van der Waals surface area contributed by atoms with E-state index in [0.29, 0.717) is 31.0 Å². The minimum atomic E-state index is -0.732. The molecule has 0 radical (unpaired) electrons. The summed E-state index contributed by atoms with van der Waals surface area (Å²) < 4.78 is 10.1. The minimum absolute atomic E-state index is 0. The van der Waals surface area contributed by atoms with E-state index in [1.165, 1.54) is 0 Å². The summed E-state index contributed by atoms with van der Waals surface area (Å²) in [6, 6.07) is 5.30. The monoisotopic (exact) mass is 385 g/mol. The number of hydrogen-bond acceptors (Lipinski definition) is 6. The lowest BCUT2D eigenvalue weighted by atomic mass is 10.1. The maximum absolute atomic E-state index is 12.1. The maximum Gasteiger partial charge on any atom is 0.328 e. The molecule has 1 saturated heterocycles. The molecular weight excluding hydrogens is 362 g/mol. The van der Waals surface area contributed by atoms with Crippen LogP contribution in [0.3, 0.4) is 0 Å². The smallest absolute Gasteiger partial charge is 0.328 e. The van der Waals surface area contributed by atoms with E-state index in [-0.39, 0.29) is 36.9 Å². The Morgan fingerprint density at radius 3 is 2.58 bits per heavy atom. The number of rotatable bonds is 6. The van der Waals surface area contributed by atoms with Crippen molar-refractivity contribution < 1.29 is 23.9 Å². The third kappa shape index (κ3) is 6.29. The molecule has 0 bridgehead atoms. The first-order valence-corrected chi connectivity index (χ1v) is 8.20. The van der Waals surface area contributed by atoms with Crippen molar-refractivity contribution in [3.63, 3.8) is 0 Å². The topological polar surface area (TPSA) is 106 Å². The highest BCUT2D eigenvalue weighted by Crippen LogP contribution is 2.11. The van der Waals surface area contributed by atoms with Gasteiger partial charge in [0, 0.05) is 17.8 Å². The number of carbonyl (C=O) groups excluding carboxylic acids is 3. The summed E-state index contributed by atoms with van der Waals surface area (Å²) in [4.78, 5) is 35.7. The van der Waals surface area contributed by atoms with Gasteiger partial charge in [0.15, 0.2) is 0 Å². The summed E-state index contributed by atoms with van der Waals surface area (Å²) in [5, 5.41) is 8.40. The minimum Gasteiger partial charge on any atom is -0.464 e. The fraction of sp³-hybridized carbons (Fsp3) is 0.471. The molecule has 2 rings (SSSR count). The number of ether oxygens (including phenoxy) is 2. The molecule has 8 nitrogen and oxygen atoms in total. The number of anilines is 1. The molecule has 0 aliphatic carbocycles. The van der Waals surface area contributed by atoms with Crippen LogP contribution in [0, 0.1) is 0 Å². The number of esters is 1. The SMILES string of the molecule is CCOC(=O)C(C)NC(=O)c1ccc(NC(=O)C2COCCN2)cc1.Cl. The summed E-state index contributed by atoms with van der Waals surface area (Å²) in [5.74, 6) is -1.06. The Labute approximate surface area is 158 Å². The average molecular weight is 386 g/mol. The highest BCUT2D eigenvalue weighted by molar-refractivity contribution is 5.98. The number of halogens is 1. The van der Waals surface area contributed by atoms with Crippen molar-refractivity contribution in [3.8, 4) is 0 Å². The molecule has 1 aliphatic heterocycles. The van der Waals surface area contributed by atoms with Crippen LogP contribution in [0.4, 0.5) is 5.69 Å². The first-order valence-electron chi connectivity index (χ1n) is 8.20. The quantitative estimate of drug-likeness (QED) is 0.623. The Bertz CT molecular complexity index is 617. The van der Waals surface area contributed by atoms with Gasteiger partial charge in [-0.2, -0.15) is 0 Å². The van der Waals surface area contributed by atoms with Gasteiger partial charge in [0.1, 0.15) is 12.1 Å². The predicted molar refractivity (Wildman–Crippen MR) is 98.5 cm³/mol. The van der Waals surface area contributed by atoms with Crippen LogP contribution in [0.15, 0.2) is 24.3 Å². The molecule has 2 atom stereocenters. The molecule has 1 fully saturated rings. The first kappa shape index (κ1) is 21.9. The van der Waals surface area contributed by atoms with Crippen LogP contribution in [-0.2, 0) is 19.1 Å². The van der Waals surface area contributed by atoms with Gasteiger partial charge in [-0.1, -0.05) is 0 Å². The van der Waals surface area contributed by atoms with Gasteiger partial charge in [-0.25, -0.2) is 4.79 Å². The molecule has 26 heavy (non-hydrogen) atoms. The summed E-state index contributed by atoms with van der Waals surface area (Å²) >= 11 is 0. The van der Waals surface area contributed by atoms with Gasteiger partial charge in [-0.15, -0.1) is 12.4 Å². The Morgan fingerprint density at radius 1 is 1.31 bits per heavy atom. The maximum atomic E-state index is 12.1. The van der Waals surface area contributed by atoms with E-state index >= 15 is 0 Å². The molecule has 1 aromatic rings. The van der Waals surface area contributed by atoms with Crippen molar-refractivity contribution in [1.82, 2.24) is 10.6 Å². The molecule has 1 aromatic carbocycles. The largest absolute Gasteiger partial charge is 0.464 e. The lowest BCUT2D eigenvalue weighted by Gasteiger charge is -2.22. The molecule has 0 saturated carbocycles. The van der Waals surface area contributed by atoms with E-state index in [9.17, 15) is 14.4 Å². The zero-order valence-corrected chi connectivity index (χ0v) is 15.6. The molecule has 0 spiro atoms. The zero-order chi connectivity index (χ0) is 18.2. The van der Waals surface area contributed by atoms with E-state index in [2.05, 4.69) is 16.0 Å². The fourth-order valence-electron chi connectivity index (χ4n) is 2.27. The normalized spacial score (nSPS) is 17.4. The van der Waals surface area contributed by atoms with Crippen molar-refractivity contribution in [2.45, 2.75) is 25.9 Å². The Hall–Kier alpha value is -2.16. The molecule has 1 aliphatic rings. The molecule has 2 amide bonds. The van der Waals surface area contributed by atoms with E-state index in [0.717, 1.165) is 0 Å². The Kier molecular flexibility index (Phi) is 9.04. The number of amides is 2. The molecule has 3 N–H and O–H groups in total. The molecule has 2 unspecified atom stereocenters. The predicted octanol–water partition coefficient (Wildman–Crippen LogP) is 0.717. The summed E-state index contributed by atoms with van der Waals surface area (Å²) in [5.41, 5.74) is 0.959. The lowest BCUT2D eigenvalue weighted by molar-refractivity contribution is -0.144. The van der Waals surface area contributed by atoms with E-state index in [1.54, 1.807) is 38.1 Å². The molecule has 0 aromatic heterocycles. The Balaban J connectivity index is 0.00000338. The van der Waals surface area contributed by atoms with Gasteiger partial charge >= 0.3 is 5.97 Å². The number of nitrogens with one attached hydrogen (secondary N) is 3. The average Bonchev–Trinajstić information content (AvgIpc) is 2.63. The van der Waals surface area contributed by atoms with Crippen molar-refractivity contribution in [1.29, 1.82) is 0 Å².